The Kier molecular flexibility index (Phi) is 4.88. The molecule has 0 unspecified atom stereocenters. The summed E-state index contributed by atoms with van der Waals surface area (Å²) in [5.41, 5.74) is 2.17. The summed E-state index contributed by atoms with van der Waals surface area (Å²) in [7, 11) is 1.68. The van der Waals surface area contributed by atoms with E-state index in [1.165, 1.54) is 5.56 Å². The highest BCUT2D eigenvalue weighted by Crippen LogP contribution is 2.24. The Labute approximate surface area is 120 Å². The number of hydrogen-bond acceptors (Lipinski definition) is 3. The second-order valence-corrected chi connectivity index (χ2v) is 4.87. The molecule has 3 nitrogen and oxygen atoms in total. The Morgan fingerprint density at radius 2 is 1.85 bits per heavy atom. The molecule has 0 amide bonds. The number of rotatable bonds is 6. The number of para-hydroxylation sites is 2. The first-order valence-corrected chi connectivity index (χ1v) is 6.81. The van der Waals surface area contributed by atoms with E-state index in [1.807, 2.05) is 50.2 Å². The monoisotopic (exact) mass is 271 g/mol. The van der Waals surface area contributed by atoms with Crippen molar-refractivity contribution in [3.63, 3.8) is 0 Å². The first-order valence-electron chi connectivity index (χ1n) is 6.81. The molecule has 0 spiro atoms. The molecule has 20 heavy (non-hydrogen) atoms. The van der Waals surface area contributed by atoms with Crippen molar-refractivity contribution in [2.45, 2.75) is 26.5 Å². The molecule has 0 saturated heterocycles. The molecular weight excluding hydrogens is 250 g/mol. The van der Waals surface area contributed by atoms with Gasteiger partial charge in [0.2, 0.25) is 0 Å². The SMILES string of the molecule is COc1ccccc1NCc1cccc(OC(C)C)c1. The van der Waals surface area contributed by atoms with Gasteiger partial charge in [0.15, 0.2) is 0 Å². The fourth-order valence-corrected chi connectivity index (χ4v) is 1.99. The fourth-order valence-electron chi connectivity index (χ4n) is 1.99. The summed E-state index contributed by atoms with van der Waals surface area (Å²) >= 11 is 0. The van der Waals surface area contributed by atoms with Crippen molar-refractivity contribution in [3.8, 4) is 11.5 Å². The van der Waals surface area contributed by atoms with Gasteiger partial charge in [-0.1, -0.05) is 24.3 Å². The normalized spacial score (nSPS) is 10.4. The highest BCUT2D eigenvalue weighted by Gasteiger charge is 2.02. The zero-order valence-electron chi connectivity index (χ0n) is 12.2. The second kappa shape index (κ2) is 6.85. The first-order chi connectivity index (χ1) is 9.69. The third kappa shape index (κ3) is 3.92. The van der Waals surface area contributed by atoms with Crippen LogP contribution in [0.1, 0.15) is 19.4 Å². The maximum atomic E-state index is 5.70. The van der Waals surface area contributed by atoms with Crippen LogP contribution < -0.4 is 14.8 Å². The van der Waals surface area contributed by atoms with Crippen LogP contribution in [0.2, 0.25) is 0 Å². The van der Waals surface area contributed by atoms with Crippen molar-refractivity contribution < 1.29 is 9.47 Å². The highest BCUT2D eigenvalue weighted by atomic mass is 16.5. The molecule has 0 radical (unpaired) electrons. The van der Waals surface area contributed by atoms with Crippen LogP contribution in [0, 0.1) is 0 Å². The first kappa shape index (κ1) is 14.3. The van der Waals surface area contributed by atoms with E-state index in [2.05, 4.69) is 17.4 Å². The molecule has 2 aromatic carbocycles. The lowest BCUT2D eigenvalue weighted by molar-refractivity contribution is 0.242. The van der Waals surface area contributed by atoms with Crippen molar-refractivity contribution in [2.24, 2.45) is 0 Å². The summed E-state index contributed by atoms with van der Waals surface area (Å²) in [6.45, 7) is 4.79. The van der Waals surface area contributed by atoms with E-state index in [0.29, 0.717) is 0 Å². The van der Waals surface area contributed by atoms with Gasteiger partial charge in [0.05, 0.1) is 18.9 Å². The van der Waals surface area contributed by atoms with Crippen molar-refractivity contribution >= 4 is 5.69 Å². The van der Waals surface area contributed by atoms with Gasteiger partial charge in [-0.25, -0.2) is 0 Å². The van der Waals surface area contributed by atoms with Crippen molar-refractivity contribution in [3.05, 3.63) is 54.1 Å². The Balaban J connectivity index is 2.03. The summed E-state index contributed by atoms with van der Waals surface area (Å²) in [5.74, 6) is 1.75. The van der Waals surface area contributed by atoms with Crippen molar-refractivity contribution in [1.29, 1.82) is 0 Å². The molecule has 0 aliphatic carbocycles. The van der Waals surface area contributed by atoms with E-state index in [0.717, 1.165) is 23.7 Å². The average molecular weight is 271 g/mol. The van der Waals surface area contributed by atoms with Crippen LogP contribution in [0.25, 0.3) is 0 Å². The van der Waals surface area contributed by atoms with Crippen LogP contribution >= 0.6 is 0 Å². The minimum Gasteiger partial charge on any atom is -0.495 e. The van der Waals surface area contributed by atoms with E-state index >= 15 is 0 Å². The minimum atomic E-state index is 0.187. The summed E-state index contributed by atoms with van der Waals surface area (Å²) in [6, 6.07) is 16.0. The quantitative estimate of drug-likeness (QED) is 0.858. The average Bonchev–Trinajstić information content (AvgIpc) is 2.45. The summed E-state index contributed by atoms with van der Waals surface area (Å²) in [4.78, 5) is 0. The smallest absolute Gasteiger partial charge is 0.141 e. The Bertz CT molecular complexity index is 552. The molecule has 1 N–H and O–H groups in total. The molecule has 0 heterocycles. The number of hydrogen-bond donors (Lipinski definition) is 1. The molecule has 0 fully saturated rings. The van der Waals surface area contributed by atoms with E-state index in [-0.39, 0.29) is 6.10 Å². The van der Waals surface area contributed by atoms with Gasteiger partial charge in [0.1, 0.15) is 11.5 Å². The van der Waals surface area contributed by atoms with Gasteiger partial charge in [0.25, 0.3) is 0 Å². The lowest BCUT2D eigenvalue weighted by Crippen LogP contribution is -2.06. The maximum Gasteiger partial charge on any atom is 0.141 e. The van der Waals surface area contributed by atoms with Gasteiger partial charge in [-0.15, -0.1) is 0 Å². The predicted octanol–water partition coefficient (Wildman–Crippen LogP) is 4.09. The Morgan fingerprint density at radius 1 is 1.05 bits per heavy atom. The number of anilines is 1. The molecule has 0 aliphatic rings. The van der Waals surface area contributed by atoms with Crippen LogP contribution in [0.3, 0.4) is 0 Å². The molecule has 3 heteroatoms. The Hall–Kier alpha value is -2.16. The van der Waals surface area contributed by atoms with Crippen LogP contribution in [0.15, 0.2) is 48.5 Å². The van der Waals surface area contributed by atoms with Gasteiger partial charge >= 0.3 is 0 Å². The van der Waals surface area contributed by atoms with Gasteiger partial charge in [-0.2, -0.15) is 0 Å². The van der Waals surface area contributed by atoms with Crippen LogP contribution in [-0.2, 0) is 6.54 Å². The number of benzene rings is 2. The molecular formula is C17H21NO2. The molecule has 0 bridgehead atoms. The summed E-state index contributed by atoms with van der Waals surface area (Å²) < 4.78 is 11.0. The summed E-state index contributed by atoms with van der Waals surface area (Å²) in [5, 5.41) is 3.38. The van der Waals surface area contributed by atoms with Gasteiger partial charge in [0, 0.05) is 6.54 Å². The molecule has 2 aromatic rings. The molecule has 0 saturated carbocycles. The predicted molar refractivity (Wildman–Crippen MR) is 82.5 cm³/mol. The summed E-state index contributed by atoms with van der Waals surface area (Å²) in [6.07, 6.45) is 0.187. The topological polar surface area (TPSA) is 30.5 Å². The van der Waals surface area contributed by atoms with Gasteiger partial charge < -0.3 is 14.8 Å². The standard InChI is InChI=1S/C17H21NO2/c1-13(2)20-15-8-6-7-14(11-15)12-18-16-9-4-5-10-17(16)19-3/h4-11,13,18H,12H2,1-3H3. The van der Waals surface area contributed by atoms with Crippen LogP contribution in [0.4, 0.5) is 5.69 Å². The molecule has 106 valence electrons. The molecule has 0 aliphatic heterocycles. The van der Waals surface area contributed by atoms with Crippen molar-refractivity contribution in [2.75, 3.05) is 12.4 Å². The molecule has 0 atom stereocenters. The maximum absolute atomic E-state index is 5.70. The highest BCUT2D eigenvalue weighted by molar-refractivity contribution is 5.56. The van der Waals surface area contributed by atoms with E-state index in [4.69, 9.17) is 9.47 Å². The molecule has 0 aromatic heterocycles. The number of methoxy groups -OCH3 is 1. The fraction of sp³-hybridized carbons (Fsp3) is 0.294. The Morgan fingerprint density at radius 3 is 2.60 bits per heavy atom. The third-order valence-corrected chi connectivity index (χ3v) is 2.86. The molecule has 2 rings (SSSR count). The lowest BCUT2D eigenvalue weighted by Gasteiger charge is -2.13. The zero-order valence-corrected chi connectivity index (χ0v) is 12.2. The minimum absolute atomic E-state index is 0.187. The number of nitrogens with one attached hydrogen (secondary N) is 1. The van der Waals surface area contributed by atoms with E-state index in [1.54, 1.807) is 7.11 Å². The largest absolute Gasteiger partial charge is 0.495 e. The van der Waals surface area contributed by atoms with Gasteiger partial charge in [-0.05, 0) is 43.7 Å². The second-order valence-electron chi connectivity index (χ2n) is 4.87. The number of ether oxygens (including phenoxy) is 2. The third-order valence-electron chi connectivity index (χ3n) is 2.86. The van der Waals surface area contributed by atoms with Gasteiger partial charge in [-0.3, -0.25) is 0 Å². The van der Waals surface area contributed by atoms with Crippen molar-refractivity contribution in [1.82, 2.24) is 0 Å². The lowest BCUT2D eigenvalue weighted by atomic mass is 10.2. The zero-order chi connectivity index (χ0) is 14.4. The van der Waals surface area contributed by atoms with E-state index in [9.17, 15) is 0 Å². The van der Waals surface area contributed by atoms with E-state index < -0.39 is 0 Å². The van der Waals surface area contributed by atoms with Crippen LogP contribution in [0.5, 0.6) is 11.5 Å². The van der Waals surface area contributed by atoms with Crippen LogP contribution in [-0.4, -0.2) is 13.2 Å².